The molecule has 2 aliphatic rings. The van der Waals surface area contributed by atoms with E-state index in [0.717, 1.165) is 24.4 Å². The van der Waals surface area contributed by atoms with E-state index < -0.39 is 0 Å². The van der Waals surface area contributed by atoms with Gasteiger partial charge in [0.1, 0.15) is 11.6 Å². The van der Waals surface area contributed by atoms with Gasteiger partial charge < -0.3 is 4.74 Å². The van der Waals surface area contributed by atoms with E-state index in [9.17, 15) is 4.39 Å². The number of aryl methyl sites for hydroxylation is 1. The molecule has 0 spiro atoms. The van der Waals surface area contributed by atoms with Crippen LogP contribution in [0.4, 0.5) is 4.39 Å². The van der Waals surface area contributed by atoms with Crippen LogP contribution in [0.1, 0.15) is 63.9 Å². The molecule has 0 aromatic heterocycles. The fraction of sp³-hybridized carbons (Fsp3) is 0.714. The van der Waals surface area contributed by atoms with Gasteiger partial charge in [-0.3, -0.25) is 0 Å². The van der Waals surface area contributed by atoms with Crippen LogP contribution in [0.3, 0.4) is 0 Å². The summed E-state index contributed by atoms with van der Waals surface area (Å²) >= 11 is 0. The minimum Gasteiger partial charge on any atom is -0.493 e. The number of halogens is 1. The number of hydrogen-bond acceptors (Lipinski definition) is 1. The van der Waals surface area contributed by atoms with Crippen molar-refractivity contribution in [1.82, 2.24) is 0 Å². The van der Waals surface area contributed by atoms with Gasteiger partial charge in [-0.15, -0.1) is 0 Å². The quantitative estimate of drug-likeness (QED) is 0.638. The van der Waals surface area contributed by atoms with Crippen LogP contribution in [-0.2, 0) is 0 Å². The Hall–Kier alpha value is -0.620. The molecule has 0 radical (unpaired) electrons. The monoisotopic (exact) mass is 350 g/mol. The molecule has 1 nitrogen and oxygen atoms in total. The lowest BCUT2D eigenvalue weighted by molar-refractivity contribution is 0.126. The highest BCUT2D eigenvalue weighted by molar-refractivity contribution is 7.27. The van der Waals surface area contributed by atoms with Crippen molar-refractivity contribution in [2.75, 3.05) is 6.61 Å². The van der Waals surface area contributed by atoms with Crippen LogP contribution >= 0.6 is 9.24 Å². The third-order valence-electron chi connectivity index (χ3n) is 6.43. The normalized spacial score (nSPS) is 31.0. The Balaban J connectivity index is 1.45. The summed E-state index contributed by atoms with van der Waals surface area (Å²) in [6.07, 6.45) is 11.0. The summed E-state index contributed by atoms with van der Waals surface area (Å²) in [7, 11) is 2.49. The molecule has 2 saturated carbocycles. The van der Waals surface area contributed by atoms with Gasteiger partial charge >= 0.3 is 0 Å². The first-order valence-corrected chi connectivity index (χ1v) is 10.3. The Morgan fingerprint density at radius 1 is 1.00 bits per heavy atom. The van der Waals surface area contributed by atoms with Gasteiger partial charge in [-0.25, -0.2) is 4.39 Å². The number of hydrogen-bond donors (Lipinski definition) is 0. The van der Waals surface area contributed by atoms with Crippen LogP contribution in [0.15, 0.2) is 12.1 Å². The number of ether oxygens (including phenoxy) is 1. The van der Waals surface area contributed by atoms with Crippen molar-refractivity contribution in [3.63, 3.8) is 0 Å². The zero-order chi connectivity index (χ0) is 17.1. The second-order valence-electron chi connectivity index (χ2n) is 8.22. The molecular weight excluding hydrogens is 318 g/mol. The van der Waals surface area contributed by atoms with Crippen molar-refractivity contribution in [3.8, 4) is 5.75 Å². The Morgan fingerprint density at radius 2 is 1.58 bits per heavy atom. The molecule has 0 bridgehead atoms. The second-order valence-corrected chi connectivity index (χ2v) is 8.80. The number of rotatable bonds is 4. The minimum absolute atomic E-state index is 0.160. The highest BCUT2D eigenvalue weighted by Gasteiger charge is 2.30. The van der Waals surface area contributed by atoms with Crippen molar-refractivity contribution in [1.29, 1.82) is 0 Å². The van der Waals surface area contributed by atoms with E-state index in [1.807, 2.05) is 6.07 Å². The van der Waals surface area contributed by atoms with E-state index in [1.165, 1.54) is 51.4 Å². The van der Waals surface area contributed by atoms with E-state index in [1.54, 1.807) is 13.0 Å². The molecule has 0 aliphatic heterocycles. The molecule has 3 heteroatoms. The highest BCUT2D eigenvalue weighted by atomic mass is 31.0. The predicted octanol–water partition coefficient (Wildman–Crippen LogP) is 5.65. The van der Waals surface area contributed by atoms with Crippen LogP contribution < -0.4 is 10.0 Å². The summed E-state index contributed by atoms with van der Waals surface area (Å²) in [6, 6.07) is 3.70. The minimum atomic E-state index is -0.160. The third-order valence-corrected chi connectivity index (χ3v) is 6.96. The summed E-state index contributed by atoms with van der Waals surface area (Å²) in [6.45, 7) is 4.93. The molecule has 0 saturated heterocycles. The summed E-state index contributed by atoms with van der Waals surface area (Å²) in [5, 5.41) is 0.569. The van der Waals surface area contributed by atoms with Crippen LogP contribution in [0.5, 0.6) is 5.75 Å². The molecular formula is C21H32FOP. The third kappa shape index (κ3) is 4.31. The first-order chi connectivity index (χ1) is 11.5. The van der Waals surface area contributed by atoms with Crippen LogP contribution in [-0.4, -0.2) is 6.61 Å². The second kappa shape index (κ2) is 8.17. The van der Waals surface area contributed by atoms with Gasteiger partial charge in [-0.05, 0) is 80.8 Å². The molecule has 0 amide bonds. The summed E-state index contributed by atoms with van der Waals surface area (Å²) < 4.78 is 19.9. The zero-order valence-corrected chi connectivity index (χ0v) is 16.3. The molecule has 0 heterocycles. The van der Waals surface area contributed by atoms with E-state index in [2.05, 4.69) is 16.2 Å². The van der Waals surface area contributed by atoms with Crippen molar-refractivity contribution >= 4 is 14.5 Å². The van der Waals surface area contributed by atoms with Gasteiger partial charge in [0.15, 0.2) is 0 Å². The fourth-order valence-corrected chi connectivity index (χ4v) is 5.01. The molecule has 134 valence electrons. The molecule has 24 heavy (non-hydrogen) atoms. The Kier molecular flexibility index (Phi) is 6.19. The van der Waals surface area contributed by atoms with Gasteiger partial charge in [-0.2, -0.15) is 0 Å². The SMILES string of the molecule is Cc1ccc(OCC2CCC(C3CCC(C)CC3)CC2)c(P)c1F. The topological polar surface area (TPSA) is 9.23 Å². The summed E-state index contributed by atoms with van der Waals surface area (Å²) in [5.74, 6) is 4.04. The van der Waals surface area contributed by atoms with E-state index in [0.29, 0.717) is 22.5 Å². The Morgan fingerprint density at radius 3 is 2.21 bits per heavy atom. The van der Waals surface area contributed by atoms with Crippen molar-refractivity contribution in [2.24, 2.45) is 23.7 Å². The van der Waals surface area contributed by atoms with Crippen LogP contribution in [0.25, 0.3) is 0 Å². The van der Waals surface area contributed by atoms with Crippen LogP contribution in [0.2, 0.25) is 0 Å². The Labute approximate surface area is 149 Å². The smallest absolute Gasteiger partial charge is 0.136 e. The van der Waals surface area contributed by atoms with Crippen molar-refractivity contribution in [3.05, 3.63) is 23.5 Å². The van der Waals surface area contributed by atoms with Crippen molar-refractivity contribution < 1.29 is 9.13 Å². The number of benzene rings is 1. The highest BCUT2D eigenvalue weighted by Crippen LogP contribution is 2.41. The van der Waals surface area contributed by atoms with Crippen LogP contribution in [0, 0.1) is 36.4 Å². The molecule has 3 rings (SSSR count). The first kappa shape index (κ1) is 18.2. The summed E-state index contributed by atoms with van der Waals surface area (Å²) in [5.41, 5.74) is 0.676. The zero-order valence-electron chi connectivity index (χ0n) is 15.2. The lowest BCUT2D eigenvalue weighted by atomic mass is 9.69. The molecule has 1 aromatic rings. The maximum Gasteiger partial charge on any atom is 0.136 e. The van der Waals surface area contributed by atoms with E-state index in [-0.39, 0.29) is 5.82 Å². The average molecular weight is 350 g/mol. The van der Waals surface area contributed by atoms with E-state index in [4.69, 9.17) is 4.74 Å². The first-order valence-electron chi connectivity index (χ1n) is 9.72. The lowest BCUT2D eigenvalue weighted by Gasteiger charge is -2.37. The van der Waals surface area contributed by atoms with Gasteiger partial charge in [0.05, 0.1) is 6.61 Å². The standard InChI is InChI=1S/C21H32FOP/c1-14-3-8-17(9-4-14)18-10-6-16(7-11-18)13-23-19-12-5-15(2)20(22)21(19)24/h5,12,14,16-18H,3-4,6-11,13,24H2,1-2H3. The molecule has 1 aromatic carbocycles. The predicted molar refractivity (Wildman–Crippen MR) is 103 cm³/mol. The molecule has 2 fully saturated rings. The maximum atomic E-state index is 13.9. The average Bonchev–Trinajstić information content (AvgIpc) is 2.60. The summed E-state index contributed by atoms with van der Waals surface area (Å²) in [4.78, 5) is 0. The largest absolute Gasteiger partial charge is 0.493 e. The van der Waals surface area contributed by atoms with Gasteiger partial charge in [0.25, 0.3) is 0 Å². The maximum absolute atomic E-state index is 13.9. The lowest BCUT2D eigenvalue weighted by Crippen LogP contribution is -2.27. The van der Waals surface area contributed by atoms with E-state index >= 15 is 0 Å². The van der Waals surface area contributed by atoms with Gasteiger partial charge in [0, 0.05) is 5.30 Å². The molecule has 2 aliphatic carbocycles. The molecule has 1 unspecified atom stereocenters. The Bertz CT molecular complexity index is 543. The van der Waals surface area contributed by atoms with Gasteiger partial charge in [0.2, 0.25) is 0 Å². The van der Waals surface area contributed by atoms with Gasteiger partial charge in [-0.1, -0.05) is 35.1 Å². The van der Waals surface area contributed by atoms with Crippen molar-refractivity contribution in [2.45, 2.75) is 65.2 Å². The molecule has 0 N–H and O–H groups in total. The fourth-order valence-electron chi connectivity index (χ4n) is 4.60. The molecule has 1 atom stereocenters.